The zero-order valence-electron chi connectivity index (χ0n) is 42.0. The molecule has 0 aromatic heterocycles. The van der Waals surface area contributed by atoms with E-state index in [0.29, 0.717) is 17.4 Å². The number of aliphatic hydroxyl groups is 1. The molecule has 0 fully saturated rings. The van der Waals surface area contributed by atoms with Gasteiger partial charge in [0.15, 0.2) is 0 Å². The Morgan fingerprint density at radius 2 is 0.937 bits per heavy atom. The second-order valence-electron chi connectivity index (χ2n) is 19.2. The predicted molar refractivity (Wildman–Crippen MR) is 270 cm³/mol. The number of carbonyl (C=O) groups is 1. The topological polar surface area (TPSA) is 108 Å². The van der Waals surface area contributed by atoms with Crippen LogP contribution >= 0.6 is 7.82 Å². The first kappa shape index (κ1) is 61.5. The van der Waals surface area contributed by atoms with Gasteiger partial charge in [-0.25, -0.2) is 0 Å². The third kappa shape index (κ3) is 48.2. The lowest BCUT2D eigenvalue weighted by atomic mass is 10.0. The van der Waals surface area contributed by atoms with E-state index >= 15 is 0 Å². The van der Waals surface area contributed by atoms with Crippen LogP contribution < -0.4 is 10.2 Å². The molecule has 9 heteroatoms. The lowest BCUT2D eigenvalue weighted by molar-refractivity contribution is -0.870. The number of nitrogens with one attached hydrogen (secondary N) is 1. The maximum Gasteiger partial charge on any atom is 0.268 e. The fraction of sp³-hybridized carbons (Fsp3) is 0.833. The van der Waals surface area contributed by atoms with E-state index < -0.39 is 26.6 Å². The van der Waals surface area contributed by atoms with Crippen molar-refractivity contribution in [2.24, 2.45) is 0 Å². The van der Waals surface area contributed by atoms with Gasteiger partial charge in [-0.1, -0.05) is 217 Å². The van der Waals surface area contributed by atoms with Gasteiger partial charge in [-0.05, 0) is 64.2 Å². The van der Waals surface area contributed by atoms with Crippen molar-refractivity contribution < 1.29 is 32.9 Å². The quantitative estimate of drug-likeness (QED) is 0.0272. The summed E-state index contributed by atoms with van der Waals surface area (Å²) in [7, 11) is 1.23. The van der Waals surface area contributed by atoms with Crippen LogP contribution in [0.2, 0.25) is 0 Å². The number of allylic oxidation sites excluding steroid dienone is 7. The van der Waals surface area contributed by atoms with E-state index in [-0.39, 0.29) is 12.5 Å². The Morgan fingerprint density at radius 1 is 0.556 bits per heavy atom. The molecule has 0 rings (SSSR count). The summed E-state index contributed by atoms with van der Waals surface area (Å²) in [5.41, 5.74) is 0. The molecule has 3 atom stereocenters. The Bertz CT molecular complexity index is 1170. The van der Waals surface area contributed by atoms with Gasteiger partial charge in [0.2, 0.25) is 5.91 Å². The molecule has 0 radical (unpaired) electrons. The molecule has 370 valence electrons. The number of aliphatic hydroxyl groups excluding tert-OH is 1. The molecule has 0 spiro atoms. The second kappa shape index (κ2) is 45.6. The molecule has 63 heavy (non-hydrogen) atoms. The van der Waals surface area contributed by atoms with Gasteiger partial charge < -0.3 is 28.8 Å². The van der Waals surface area contributed by atoms with Crippen LogP contribution in [0.25, 0.3) is 0 Å². The highest BCUT2D eigenvalue weighted by molar-refractivity contribution is 7.45. The van der Waals surface area contributed by atoms with E-state index in [1.807, 2.05) is 27.2 Å². The first-order valence-electron chi connectivity index (χ1n) is 26.5. The predicted octanol–water partition coefficient (Wildman–Crippen LogP) is 15.0. The number of quaternary nitrogens is 1. The molecule has 0 aliphatic rings. The van der Waals surface area contributed by atoms with Crippen LogP contribution in [0.3, 0.4) is 0 Å². The van der Waals surface area contributed by atoms with Gasteiger partial charge in [0.1, 0.15) is 13.2 Å². The monoisotopic (exact) mass is 907 g/mol. The number of nitrogens with zero attached hydrogens (tertiary/aromatic N) is 1. The molecule has 0 aliphatic carbocycles. The number of amides is 1. The van der Waals surface area contributed by atoms with Gasteiger partial charge in [-0.2, -0.15) is 0 Å². The van der Waals surface area contributed by atoms with Crippen molar-refractivity contribution in [1.82, 2.24) is 5.32 Å². The summed E-state index contributed by atoms with van der Waals surface area (Å²) in [4.78, 5) is 25.4. The normalized spacial score (nSPS) is 14.5. The molecule has 2 N–H and O–H groups in total. The highest BCUT2D eigenvalue weighted by atomic mass is 31.2. The smallest absolute Gasteiger partial charge is 0.268 e. The minimum atomic E-state index is -4.61. The number of likely N-dealkylation sites (N-methyl/N-ethyl adjacent to an activating group) is 1. The first-order chi connectivity index (χ1) is 30.5. The molecule has 0 aromatic rings. The van der Waals surface area contributed by atoms with E-state index in [1.54, 1.807) is 6.08 Å². The van der Waals surface area contributed by atoms with Crippen molar-refractivity contribution in [3.8, 4) is 0 Å². The number of phosphoric acid groups is 1. The molecule has 0 saturated heterocycles. The van der Waals surface area contributed by atoms with Gasteiger partial charge >= 0.3 is 0 Å². The summed E-state index contributed by atoms with van der Waals surface area (Å²) in [6.45, 7) is 4.60. The van der Waals surface area contributed by atoms with Crippen molar-refractivity contribution in [2.75, 3.05) is 40.9 Å². The number of rotatable bonds is 48. The van der Waals surface area contributed by atoms with Gasteiger partial charge in [0.05, 0.1) is 39.9 Å². The van der Waals surface area contributed by atoms with E-state index in [9.17, 15) is 19.4 Å². The fourth-order valence-electron chi connectivity index (χ4n) is 7.55. The van der Waals surface area contributed by atoms with Crippen molar-refractivity contribution in [3.05, 3.63) is 48.6 Å². The highest BCUT2D eigenvalue weighted by Gasteiger charge is 2.23. The summed E-state index contributed by atoms with van der Waals surface area (Å²) in [6.07, 6.45) is 59.0. The number of hydrogen-bond donors (Lipinski definition) is 2. The van der Waals surface area contributed by atoms with Crippen LogP contribution in [-0.2, 0) is 18.4 Å². The standard InChI is InChI=1S/C54H103N2O6P/c1-6-8-10-12-14-16-18-20-22-23-24-25-26-27-28-29-30-31-32-34-35-37-39-41-43-45-47-53(57)52(51-62-63(59,60)61-50-49-56(3,4)5)55-54(58)48-46-44-42-40-38-36-33-21-19-17-15-13-11-9-7-2/h15,17,21,33,37,39,45,47,52-53,57H,6-14,16,18-20,22-32,34-36,38,40-44,46,48-51H2,1-5H3,(H-,55,58,59,60)/b17-15-,33-21-,39-37+,47-45+. The Morgan fingerprint density at radius 3 is 1.41 bits per heavy atom. The largest absolute Gasteiger partial charge is 0.756 e. The van der Waals surface area contributed by atoms with Crippen LogP contribution in [0, 0.1) is 0 Å². The minimum absolute atomic E-state index is 0.0102. The Balaban J connectivity index is 4.29. The number of unbranched alkanes of at least 4 members (excludes halogenated alkanes) is 29. The zero-order valence-corrected chi connectivity index (χ0v) is 42.9. The summed E-state index contributed by atoms with van der Waals surface area (Å²) in [5, 5.41) is 13.8. The molecular formula is C54H103N2O6P. The first-order valence-corrected chi connectivity index (χ1v) is 28.0. The minimum Gasteiger partial charge on any atom is -0.756 e. The average Bonchev–Trinajstić information content (AvgIpc) is 3.24. The Hall–Kier alpha value is -1.54. The van der Waals surface area contributed by atoms with Gasteiger partial charge in [0.25, 0.3) is 7.82 Å². The second-order valence-corrected chi connectivity index (χ2v) is 20.6. The van der Waals surface area contributed by atoms with E-state index in [1.165, 1.54) is 154 Å². The third-order valence-corrected chi connectivity index (χ3v) is 12.7. The lowest BCUT2D eigenvalue weighted by Crippen LogP contribution is -2.45. The van der Waals surface area contributed by atoms with E-state index in [4.69, 9.17) is 9.05 Å². The van der Waals surface area contributed by atoms with Crippen molar-refractivity contribution in [3.63, 3.8) is 0 Å². The van der Waals surface area contributed by atoms with Crippen LogP contribution in [0.15, 0.2) is 48.6 Å². The summed E-state index contributed by atoms with van der Waals surface area (Å²) < 4.78 is 23.3. The van der Waals surface area contributed by atoms with E-state index in [2.05, 4.69) is 55.6 Å². The number of phosphoric ester groups is 1. The molecule has 0 bridgehead atoms. The van der Waals surface area contributed by atoms with Crippen LogP contribution in [0.4, 0.5) is 0 Å². The molecule has 1 amide bonds. The highest BCUT2D eigenvalue weighted by Crippen LogP contribution is 2.38. The van der Waals surface area contributed by atoms with Crippen LogP contribution in [0.5, 0.6) is 0 Å². The molecule has 0 heterocycles. The summed E-state index contributed by atoms with van der Waals surface area (Å²) in [6, 6.07) is -0.911. The van der Waals surface area contributed by atoms with E-state index in [0.717, 1.165) is 64.2 Å². The van der Waals surface area contributed by atoms with Gasteiger partial charge in [-0.15, -0.1) is 0 Å². The number of carbonyl (C=O) groups excluding carboxylic acids is 1. The Labute approximate surface area is 390 Å². The van der Waals surface area contributed by atoms with Crippen molar-refractivity contribution in [2.45, 2.75) is 251 Å². The van der Waals surface area contributed by atoms with Crippen LogP contribution in [0.1, 0.15) is 239 Å². The Kier molecular flexibility index (Phi) is 44.5. The fourth-order valence-corrected chi connectivity index (χ4v) is 8.28. The van der Waals surface area contributed by atoms with Crippen molar-refractivity contribution >= 4 is 13.7 Å². The zero-order chi connectivity index (χ0) is 46.4. The molecular weight excluding hydrogens is 804 g/mol. The summed E-state index contributed by atoms with van der Waals surface area (Å²) in [5.74, 6) is -0.221. The molecule has 0 aromatic carbocycles. The molecule has 8 nitrogen and oxygen atoms in total. The lowest BCUT2D eigenvalue weighted by Gasteiger charge is -2.29. The van der Waals surface area contributed by atoms with Crippen molar-refractivity contribution in [1.29, 1.82) is 0 Å². The average molecular weight is 907 g/mol. The van der Waals surface area contributed by atoms with Gasteiger partial charge in [-0.3, -0.25) is 9.36 Å². The maximum absolute atomic E-state index is 12.9. The summed E-state index contributed by atoms with van der Waals surface area (Å²) >= 11 is 0. The molecule has 0 aliphatic heterocycles. The maximum atomic E-state index is 12.9. The number of hydrogen-bond acceptors (Lipinski definition) is 6. The van der Waals surface area contributed by atoms with Crippen LogP contribution in [-0.4, -0.2) is 68.5 Å². The third-order valence-electron chi connectivity index (χ3n) is 11.8. The van der Waals surface area contributed by atoms with Gasteiger partial charge in [0, 0.05) is 6.42 Å². The SMILES string of the molecule is CCCCC/C=C\C/C=C\CCCCCCCC(=O)NC(COP(=O)([O-])OCC[N+](C)(C)C)C(O)/C=C/CC/C=C/CCCCCCCCCCCCCCCCCCCCCC. The molecule has 0 saturated carbocycles. The molecule has 3 unspecified atom stereocenters.